The Kier molecular flexibility index (Phi) is 47.9. The minimum absolute atomic E-state index is 0.0819. The SMILES string of the molecule is CC/C=C/C=C/C=C/CCCCCCCC(=O)OCC(COC(=O)CCCCCCC/C=C/CCCCCCCCC)OC(=O)CCCCCCCCCCCCCCCC. The third kappa shape index (κ3) is 48.3. The third-order valence-corrected chi connectivity index (χ3v) is 11.4. The second-order valence-corrected chi connectivity index (χ2v) is 17.5. The monoisotopic (exact) mass is 855 g/mol. The fourth-order valence-corrected chi connectivity index (χ4v) is 7.44. The molecule has 0 aliphatic carbocycles. The van der Waals surface area contributed by atoms with Crippen molar-refractivity contribution in [2.75, 3.05) is 13.2 Å². The molecule has 0 heterocycles. The van der Waals surface area contributed by atoms with Gasteiger partial charge in [0.1, 0.15) is 13.2 Å². The van der Waals surface area contributed by atoms with Crippen LogP contribution in [0.15, 0.2) is 48.6 Å². The zero-order valence-corrected chi connectivity index (χ0v) is 40.4. The van der Waals surface area contributed by atoms with Crippen molar-refractivity contribution in [3.63, 3.8) is 0 Å². The summed E-state index contributed by atoms with van der Waals surface area (Å²) in [5, 5.41) is 0. The van der Waals surface area contributed by atoms with E-state index in [1.165, 1.54) is 135 Å². The molecule has 0 aromatic rings. The van der Waals surface area contributed by atoms with Gasteiger partial charge in [0.2, 0.25) is 0 Å². The van der Waals surface area contributed by atoms with Crippen molar-refractivity contribution in [3.05, 3.63) is 48.6 Å². The van der Waals surface area contributed by atoms with Crippen LogP contribution in [0.5, 0.6) is 0 Å². The highest BCUT2D eigenvalue weighted by Crippen LogP contribution is 2.15. The van der Waals surface area contributed by atoms with Crippen molar-refractivity contribution in [1.29, 1.82) is 0 Å². The lowest BCUT2D eigenvalue weighted by Crippen LogP contribution is -2.30. The molecule has 0 bridgehead atoms. The van der Waals surface area contributed by atoms with Crippen LogP contribution < -0.4 is 0 Å². The Bertz CT molecular complexity index is 1070. The van der Waals surface area contributed by atoms with Crippen LogP contribution in [0.2, 0.25) is 0 Å². The first-order valence-electron chi connectivity index (χ1n) is 26.2. The quantitative estimate of drug-likeness (QED) is 0.0199. The van der Waals surface area contributed by atoms with Gasteiger partial charge in [-0.2, -0.15) is 0 Å². The predicted octanol–water partition coefficient (Wildman–Crippen LogP) is 17.1. The lowest BCUT2D eigenvalue weighted by atomic mass is 10.0. The van der Waals surface area contributed by atoms with Crippen molar-refractivity contribution in [2.45, 2.75) is 271 Å². The highest BCUT2D eigenvalue weighted by atomic mass is 16.6. The van der Waals surface area contributed by atoms with Crippen molar-refractivity contribution in [1.82, 2.24) is 0 Å². The Labute approximate surface area is 378 Å². The van der Waals surface area contributed by atoms with Gasteiger partial charge in [0, 0.05) is 19.3 Å². The maximum absolute atomic E-state index is 12.8. The number of carbonyl (C=O) groups is 3. The summed E-state index contributed by atoms with van der Waals surface area (Å²) in [5.74, 6) is -0.901. The summed E-state index contributed by atoms with van der Waals surface area (Å²) in [4.78, 5) is 38.0. The van der Waals surface area contributed by atoms with E-state index in [2.05, 4.69) is 69.4 Å². The van der Waals surface area contributed by atoms with Crippen molar-refractivity contribution in [2.24, 2.45) is 0 Å². The number of esters is 3. The van der Waals surface area contributed by atoms with E-state index in [1.54, 1.807) is 0 Å². The Morgan fingerprint density at radius 3 is 1.03 bits per heavy atom. The fraction of sp³-hybridized carbons (Fsp3) is 0.800. The van der Waals surface area contributed by atoms with Gasteiger partial charge in [0.25, 0.3) is 0 Å². The summed E-state index contributed by atoms with van der Waals surface area (Å²) in [6.07, 6.45) is 59.5. The molecule has 6 nitrogen and oxygen atoms in total. The first-order chi connectivity index (χ1) is 30.0. The summed E-state index contributed by atoms with van der Waals surface area (Å²) >= 11 is 0. The molecule has 0 radical (unpaired) electrons. The van der Waals surface area contributed by atoms with E-state index in [-0.39, 0.29) is 31.1 Å². The first-order valence-corrected chi connectivity index (χ1v) is 26.2. The molecule has 0 aromatic carbocycles. The van der Waals surface area contributed by atoms with Gasteiger partial charge in [-0.25, -0.2) is 0 Å². The summed E-state index contributed by atoms with van der Waals surface area (Å²) in [7, 11) is 0. The number of hydrogen-bond donors (Lipinski definition) is 0. The van der Waals surface area contributed by atoms with Crippen LogP contribution in [0.4, 0.5) is 0 Å². The van der Waals surface area contributed by atoms with Crippen LogP contribution in [-0.2, 0) is 28.6 Å². The molecule has 0 aliphatic heterocycles. The number of hydrogen-bond acceptors (Lipinski definition) is 6. The molecule has 61 heavy (non-hydrogen) atoms. The molecular weight excluding hydrogens is 757 g/mol. The maximum atomic E-state index is 12.8. The molecule has 0 fully saturated rings. The zero-order valence-electron chi connectivity index (χ0n) is 40.4. The average molecular weight is 855 g/mol. The Morgan fingerprint density at radius 1 is 0.344 bits per heavy atom. The van der Waals surface area contributed by atoms with Crippen molar-refractivity contribution in [3.8, 4) is 0 Å². The standard InChI is InChI=1S/C55H98O6/c1-4-7-10-13-16-19-22-25-27-28-31-33-36-39-42-45-48-54(57)60-51-52(50-59-53(56)47-44-41-38-35-32-29-24-21-18-15-12-9-6-3)61-55(58)49-46-43-40-37-34-30-26-23-20-17-14-11-8-5-2/h9,12,15,18,21,24,27-28,52H,4-8,10-11,13-14,16-17,19-20,22-23,25-26,29-51H2,1-3H3/b12-9+,18-15+,24-21+,28-27+. The first kappa shape index (κ1) is 58.4. The van der Waals surface area contributed by atoms with Gasteiger partial charge in [0.15, 0.2) is 6.10 Å². The molecule has 0 rings (SSSR count). The minimum Gasteiger partial charge on any atom is -0.462 e. The number of allylic oxidation sites excluding steroid dienone is 8. The minimum atomic E-state index is -0.781. The highest BCUT2D eigenvalue weighted by Gasteiger charge is 2.19. The summed E-state index contributed by atoms with van der Waals surface area (Å²) in [6, 6.07) is 0. The van der Waals surface area contributed by atoms with E-state index in [0.717, 1.165) is 89.9 Å². The number of carbonyl (C=O) groups excluding carboxylic acids is 3. The van der Waals surface area contributed by atoms with E-state index >= 15 is 0 Å². The van der Waals surface area contributed by atoms with Crippen molar-refractivity contribution < 1.29 is 28.6 Å². The molecular formula is C55H98O6. The second-order valence-electron chi connectivity index (χ2n) is 17.5. The van der Waals surface area contributed by atoms with Gasteiger partial charge in [-0.15, -0.1) is 0 Å². The van der Waals surface area contributed by atoms with Crippen LogP contribution in [0.1, 0.15) is 265 Å². The molecule has 1 unspecified atom stereocenters. The second kappa shape index (κ2) is 50.0. The van der Waals surface area contributed by atoms with Gasteiger partial charge < -0.3 is 14.2 Å². The molecule has 0 spiro atoms. The molecule has 0 aliphatic rings. The average Bonchev–Trinajstić information content (AvgIpc) is 3.26. The largest absolute Gasteiger partial charge is 0.462 e. The Hall–Kier alpha value is -2.63. The number of rotatable bonds is 47. The van der Waals surface area contributed by atoms with E-state index < -0.39 is 6.10 Å². The van der Waals surface area contributed by atoms with Crippen LogP contribution >= 0.6 is 0 Å². The Balaban J connectivity index is 4.38. The van der Waals surface area contributed by atoms with Crippen LogP contribution in [-0.4, -0.2) is 37.2 Å². The van der Waals surface area contributed by atoms with Gasteiger partial charge in [-0.3, -0.25) is 14.4 Å². The highest BCUT2D eigenvalue weighted by molar-refractivity contribution is 5.71. The van der Waals surface area contributed by atoms with E-state index in [0.29, 0.717) is 19.3 Å². The van der Waals surface area contributed by atoms with Crippen LogP contribution in [0.3, 0.4) is 0 Å². The van der Waals surface area contributed by atoms with Gasteiger partial charge in [0.05, 0.1) is 0 Å². The maximum Gasteiger partial charge on any atom is 0.306 e. The summed E-state index contributed by atoms with van der Waals surface area (Å²) in [6.45, 7) is 6.50. The molecule has 6 heteroatoms. The van der Waals surface area contributed by atoms with Crippen LogP contribution in [0.25, 0.3) is 0 Å². The van der Waals surface area contributed by atoms with Gasteiger partial charge >= 0.3 is 17.9 Å². The van der Waals surface area contributed by atoms with Gasteiger partial charge in [-0.05, 0) is 64.2 Å². The lowest BCUT2D eigenvalue weighted by molar-refractivity contribution is -0.167. The van der Waals surface area contributed by atoms with E-state index in [4.69, 9.17) is 14.2 Å². The normalized spacial score (nSPS) is 12.4. The molecule has 1 atom stereocenters. The lowest BCUT2D eigenvalue weighted by Gasteiger charge is -2.18. The van der Waals surface area contributed by atoms with Gasteiger partial charge in [-0.1, -0.05) is 230 Å². The fourth-order valence-electron chi connectivity index (χ4n) is 7.44. The van der Waals surface area contributed by atoms with E-state index in [9.17, 15) is 14.4 Å². The molecule has 0 aromatic heterocycles. The van der Waals surface area contributed by atoms with E-state index in [1.807, 2.05) is 0 Å². The number of unbranched alkanes of at least 4 members (excludes halogenated alkanes) is 30. The third-order valence-electron chi connectivity index (χ3n) is 11.4. The summed E-state index contributed by atoms with van der Waals surface area (Å²) < 4.78 is 16.8. The van der Waals surface area contributed by atoms with Crippen LogP contribution in [0, 0.1) is 0 Å². The topological polar surface area (TPSA) is 78.9 Å². The molecule has 354 valence electrons. The number of ether oxygens (including phenoxy) is 3. The smallest absolute Gasteiger partial charge is 0.306 e. The molecule has 0 saturated heterocycles. The molecule has 0 amide bonds. The van der Waals surface area contributed by atoms with Crippen molar-refractivity contribution >= 4 is 17.9 Å². The Morgan fingerprint density at radius 2 is 0.656 bits per heavy atom. The predicted molar refractivity (Wildman–Crippen MR) is 261 cm³/mol. The summed E-state index contributed by atoms with van der Waals surface area (Å²) in [5.41, 5.74) is 0. The molecule has 0 N–H and O–H groups in total. The zero-order chi connectivity index (χ0) is 44.4. The molecule has 0 saturated carbocycles.